The Labute approximate surface area is 183 Å². The lowest BCUT2D eigenvalue weighted by Crippen LogP contribution is -2.33. The number of aryl methyl sites for hydroxylation is 1. The highest BCUT2D eigenvalue weighted by Crippen LogP contribution is 2.34. The summed E-state index contributed by atoms with van der Waals surface area (Å²) in [5.74, 6) is -0.170. The van der Waals surface area contributed by atoms with Crippen molar-refractivity contribution < 1.29 is 14.6 Å². The maximum absolute atomic E-state index is 12.7. The Morgan fingerprint density at radius 1 is 1.16 bits per heavy atom. The maximum atomic E-state index is 12.7. The Kier molecular flexibility index (Phi) is 5.40. The minimum absolute atomic E-state index is 0.143. The Morgan fingerprint density at radius 2 is 1.84 bits per heavy atom. The molecule has 9 heteroatoms. The molecule has 4 rings (SSSR count). The lowest BCUT2D eigenvalue weighted by molar-refractivity contribution is -0.130. The number of carbonyl (C=O) groups excluding carboxylic acids is 1. The van der Waals surface area contributed by atoms with Crippen molar-refractivity contribution in [3.63, 3.8) is 0 Å². The molecule has 2 heterocycles. The molecule has 1 aromatic heterocycles. The van der Waals surface area contributed by atoms with Crippen molar-refractivity contribution in [2.45, 2.75) is 26.3 Å². The summed E-state index contributed by atoms with van der Waals surface area (Å²) in [6, 6.07) is 13.7. The van der Waals surface area contributed by atoms with Crippen molar-refractivity contribution in [3.8, 4) is 17.3 Å². The van der Waals surface area contributed by atoms with E-state index in [0.29, 0.717) is 11.4 Å². The fraction of sp³-hybridized carbons (Fsp3) is 0.217. The molecule has 0 radical (unpaired) electrons. The van der Waals surface area contributed by atoms with Crippen LogP contribution in [0.2, 0.25) is 0 Å². The predicted octanol–water partition coefficient (Wildman–Crippen LogP) is 2.25. The standard InChI is InChI=1S/C23H22N4O5/c1-13-6-4-5-7-18(13)26-22(30)20(21(29)24-23(26)31)17-12-19(27(25-17)14(2)28)15-8-10-16(32-3)11-9-15/h4-11,19,30H,12H2,1-3H3,(H,24,29,31). The fourth-order valence-corrected chi connectivity index (χ4v) is 3.86. The highest BCUT2D eigenvalue weighted by molar-refractivity contribution is 6.04. The number of aromatic nitrogens is 2. The predicted molar refractivity (Wildman–Crippen MR) is 118 cm³/mol. The summed E-state index contributed by atoms with van der Waals surface area (Å²) in [6.45, 7) is 3.16. The van der Waals surface area contributed by atoms with E-state index in [-0.39, 0.29) is 23.6 Å². The molecule has 164 valence electrons. The summed E-state index contributed by atoms with van der Waals surface area (Å²) >= 11 is 0. The molecule has 9 nitrogen and oxygen atoms in total. The first-order valence-electron chi connectivity index (χ1n) is 9.97. The van der Waals surface area contributed by atoms with Gasteiger partial charge in [0.15, 0.2) is 0 Å². The van der Waals surface area contributed by atoms with Gasteiger partial charge in [0.2, 0.25) is 11.8 Å². The summed E-state index contributed by atoms with van der Waals surface area (Å²) in [7, 11) is 1.56. The van der Waals surface area contributed by atoms with E-state index in [0.717, 1.165) is 15.7 Å². The molecular formula is C23H22N4O5. The third kappa shape index (κ3) is 3.58. The second-order valence-electron chi connectivity index (χ2n) is 7.48. The van der Waals surface area contributed by atoms with Crippen LogP contribution in [0.5, 0.6) is 11.6 Å². The van der Waals surface area contributed by atoms with Crippen LogP contribution in [0.15, 0.2) is 63.2 Å². The van der Waals surface area contributed by atoms with Crippen LogP contribution in [0.1, 0.15) is 36.1 Å². The quantitative estimate of drug-likeness (QED) is 0.653. The third-order valence-corrected chi connectivity index (χ3v) is 5.46. The number of para-hydroxylation sites is 1. The Morgan fingerprint density at radius 3 is 2.47 bits per heavy atom. The van der Waals surface area contributed by atoms with Gasteiger partial charge in [0.05, 0.1) is 24.6 Å². The zero-order chi connectivity index (χ0) is 23.0. The highest BCUT2D eigenvalue weighted by atomic mass is 16.5. The number of hydrazone groups is 1. The van der Waals surface area contributed by atoms with E-state index in [4.69, 9.17) is 4.74 Å². The molecule has 0 spiro atoms. The van der Waals surface area contributed by atoms with Gasteiger partial charge in [-0.05, 0) is 36.2 Å². The molecule has 1 atom stereocenters. The van der Waals surface area contributed by atoms with E-state index in [2.05, 4.69) is 10.1 Å². The van der Waals surface area contributed by atoms with E-state index < -0.39 is 23.2 Å². The maximum Gasteiger partial charge on any atom is 0.335 e. The van der Waals surface area contributed by atoms with Crippen LogP contribution in [-0.2, 0) is 4.79 Å². The summed E-state index contributed by atoms with van der Waals surface area (Å²) in [6.07, 6.45) is 0.189. The smallest absolute Gasteiger partial charge is 0.335 e. The Bertz CT molecular complexity index is 1340. The molecule has 1 unspecified atom stereocenters. The van der Waals surface area contributed by atoms with Crippen molar-refractivity contribution in [1.29, 1.82) is 0 Å². The zero-order valence-corrected chi connectivity index (χ0v) is 17.8. The van der Waals surface area contributed by atoms with Crippen LogP contribution in [0, 0.1) is 6.92 Å². The number of hydrogen-bond acceptors (Lipinski definition) is 6. The van der Waals surface area contributed by atoms with Crippen molar-refractivity contribution in [2.75, 3.05) is 7.11 Å². The van der Waals surface area contributed by atoms with Gasteiger partial charge >= 0.3 is 5.69 Å². The van der Waals surface area contributed by atoms with Crippen molar-refractivity contribution >= 4 is 11.6 Å². The molecule has 3 aromatic rings. The number of rotatable bonds is 4. The molecule has 0 saturated carbocycles. The first-order chi connectivity index (χ1) is 15.3. The van der Waals surface area contributed by atoms with Crippen molar-refractivity contribution in [3.05, 3.63) is 86.1 Å². The minimum atomic E-state index is -0.769. The summed E-state index contributed by atoms with van der Waals surface area (Å²) in [5, 5.41) is 16.6. The Hall–Kier alpha value is -4.14. The number of carbonyl (C=O) groups is 1. The molecule has 0 fully saturated rings. The van der Waals surface area contributed by atoms with E-state index >= 15 is 0 Å². The molecule has 1 aliphatic rings. The molecule has 2 aromatic carbocycles. The molecule has 1 amide bonds. The lowest BCUT2D eigenvalue weighted by atomic mass is 9.99. The third-order valence-electron chi connectivity index (χ3n) is 5.46. The van der Waals surface area contributed by atoms with Gasteiger partial charge in [0.1, 0.15) is 11.3 Å². The highest BCUT2D eigenvalue weighted by Gasteiger charge is 2.34. The van der Waals surface area contributed by atoms with Crippen LogP contribution in [0.25, 0.3) is 5.69 Å². The normalized spacial score (nSPS) is 15.5. The summed E-state index contributed by atoms with van der Waals surface area (Å²) in [4.78, 5) is 39.8. The van der Waals surface area contributed by atoms with Crippen LogP contribution >= 0.6 is 0 Å². The van der Waals surface area contributed by atoms with Crippen molar-refractivity contribution in [1.82, 2.24) is 14.6 Å². The topological polar surface area (TPSA) is 117 Å². The lowest BCUT2D eigenvalue weighted by Gasteiger charge is -2.20. The van der Waals surface area contributed by atoms with Gasteiger partial charge in [0.25, 0.3) is 5.56 Å². The summed E-state index contributed by atoms with van der Waals surface area (Å²) in [5.41, 5.74) is 0.494. The molecule has 32 heavy (non-hydrogen) atoms. The number of H-pyrrole nitrogens is 1. The number of nitrogens with zero attached hydrogens (tertiary/aromatic N) is 3. The number of nitrogens with one attached hydrogen (secondary N) is 1. The first-order valence-corrected chi connectivity index (χ1v) is 9.97. The Balaban J connectivity index is 1.83. The second kappa shape index (κ2) is 8.18. The number of aromatic amines is 1. The van der Waals surface area contributed by atoms with E-state index in [1.165, 1.54) is 11.9 Å². The number of aromatic hydroxyl groups is 1. The van der Waals surface area contributed by atoms with Gasteiger partial charge in [-0.15, -0.1) is 0 Å². The number of ether oxygens (including phenoxy) is 1. The number of benzene rings is 2. The fourth-order valence-electron chi connectivity index (χ4n) is 3.86. The van der Waals surface area contributed by atoms with Gasteiger partial charge in [-0.3, -0.25) is 14.6 Å². The molecule has 1 aliphatic heterocycles. The van der Waals surface area contributed by atoms with Gasteiger partial charge < -0.3 is 9.84 Å². The minimum Gasteiger partial charge on any atom is -0.497 e. The van der Waals surface area contributed by atoms with Crippen LogP contribution in [0.3, 0.4) is 0 Å². The van der Waals surface area contributed by atoms with E-state index in [9.17, 15) is 19.5 Å². The van der Waals surface area contributed by atoms with Gasteiger partial charge in [0, 0.05) is 13.3 Å². The van der Waals surface area contributed by atoms with E-state index in [1.807, 2.05) is 12.1 Å². The second-order valence-corrected chi connectivity index (χ2v) is 7.48. The monoisotopic (exact) mass is 434 g/mol. The van der Waals surface area contributed by atoms with Gasteiger partial charge in [-0.2, -0.15) is 5.10 Å². The summed E-state index contributed by atoms with van der Waals surface area (Å²) < 4.78 is 6.22. The zero-order valence-electron chi connectivity index (χ0n) is 17.8. The van der Waals surface area contributed by atoms with Gasteiger partial charge in [-0.1, -0.05) is 30.3 Å². The van der Waals surface area contributed by atoms with E-state index in [1.54, 1.807) is 50.4 Å². The molecular weight excluding hydrogens is 412 g/mol. The average molecular weight is 434 g/mol. The molecule has 0 bridgehead atoms. The molecule has 2 N–H and O–H groups in total. The molecule has 0 saturated heterocycles. The number of amides is 1. The largest absolute Gasteiger partial charge is 0.497 e. The van der Waals surface area contributed by atoms with Crippen LogP contribution in [-0.4, -0.2) is 38.4 Å². The number of methoxy groups -OCH3 is 1. The van der Waals surface area contributed by atoms with Gasteiger partial charge in [-0.25, -0.2) is 14.4 Å². The molecule has 0 aliphatic carbocycles. The van der Waals surface area contributed by atoms with Crippen LogP contribution in [0.4, 0.5) is 0 Å². The SMILES string of the molecule is COc1ccc(C2CC(c3c(O)n(-c4ccccc4C)c(=O)[nH]c3=O)=NN2C(C)=O)cc1. The average Bonchev–Trinajstić information content (AvgIpc) is 3.20. The first kappa shape index (κ1) is 21.1. The van der Waals surface area contributed by atoms with Crippen molar-refractivity contribution in [2.24, 2.45) is 5.10 Å². The number of hydrogen-bond donors (Lipinski definition) is 2. The van der Waals surface area contributed by atoms with Crippen LogP contribution < -0.4 is 16.0 Å².